The molecule has 2 aliphatic heterocycles. The molecule has 0 radical (unpaired) electrons. The SMILES string of the molecule is COc1cc2c(cc1-c1nccn1[C@@H]1CNC[C@@H]1O)OCCO2. The van der Waals surface area contributed by atoms with Gasteiger partial charge in [0.1, 0.15) is 24.8 Å². The highest BCUT2D eigenvalue weighted by Gasteiger charge is 2.29. The summed E-state index contributed by atoms with van der Waals surface area (Å²) in [7, 11) is 1.62. The number of hydrogen-bond donors (Lipinski definition) is 2. The third-order valence-corrected chi connectivity index (χ3v) is 4.28. The molecule has 4 rings (SSSR count). The van der Waals surface area contributed by atoms with E-state index in [2.05, 4.69) is 10.3 Å². The van der Waals surface area contributed by atoms with E-state index in [0.29, 0.717) is 43.6 Å². The number of benzene rings is 1. The summed E-state index contributed by atoms with van der Waals surface area (Å²) < 4.78 is 18.8. The Morgan fingerprint density at radius 3 is 2.74 bits per heavy atom. The lowest BCUT2D eigenvalue weighted by Crippen LogP contribution is -2.22. The molecular formula is C16H19N3O4. The zero-order chi connectivity index (χ0) is 15.8. The summed E-state index contributed by atoms with van der Waals surface area (Å²) in [5, 5.41) is 13.4. The van der Waals surface area contributed by atoms with Crippen LogP contribution in [-0.2, 0) is 0 Å². The van der Waals surface area contributed by atoms with Crippen molar-refractivity contribution in [2.24, 2.45) is 0 Å². The second-order valence-corrected chi connectivity index (χ2v) is 5.65. The predicted octanol–water partition coefficient (Wildman–Crippen LogP) is 0.835. The molecular weight excluding hydrogens is 298 g/mol. The van der Waals surface area contributed by atoms with E-state index in [0.717, 1.165) is 11.4 Å². The lowest BCUT2D eigenvalue weighted by molar-refractivity contribution is 0.151. The molecule has 2 N–H and O–H groups in total. The highest BCUT2D eigenvalue weighted by atomic mass is 16.6. The minimum Gasteiger partial charge on any atom is -0.496 e. The number of methoxy groups -OCH3 is 1. The zero-order valence-electron chi connectivity index (χ0n) is 12.9. The van der Waals surface area contributed by atoms with E-state index in [-0.39, 0.29) is 6.04 Å². The molecule has 122 valence electrons. The first-order valence-corrected chi connectivity index (χ1v) is 7.67. The van der Waals surface area contributed by atoms with Gasteiger partial charge in [0.05, 0.1) is 24.8 Å². The van der Waals surface area contributed by atoms with Crippen LogP contribution in [0, 0.1) is 0 Å². The molecule has 23 heavy (non-hydrogen) atoms. The van der Waals surface area contributed by atoms with Crippen LogP contribution >= 0.6 is 0 Å². The molecule has 2 aliphatic rings. The number of nitrogens with zero attached hydrogens (tertiary/aromatic N) is 2. The Bertz CT molecular complexity index is 715. The van der Waals surface area contributed by atoms with E-state index in [1.54, 1.807) is 13.3 Å². The number of hydrogen-bond acceptors (Lipinski definition) is 6. The molecule has 1 aromatic carbocycles. The van der Waals surface area contributed by atoms with Crippen molar-refractivity contribution >= 4 is 0 Å². The monoisotopic (exact) mass is 317 g/mol. The summed E-state index contributed by atoms with van der Waals surface area (Å²) in [4.78, 5) is 4.47. The molecule has 3 heterocycles. The molecule has 1 fully saturated rings. The van der Waals surface area contributed by atoms with Crippen LogP contribution in [0.25, 0.3) is 11.4 Å². The van der Waals surface area contributed by atoms with E-state index >= 15 is 0 Å². The quantitative estimate of drug-likeness (QED) is 0.873. The number of β-amino-alcohol motifs (C(OH)–C–C–N with tert-alkyl or cyclic N) is 1. The van der Waals surface area contributed by atoms with E-state index < -0.39 is 6.10 Å². The van der Waals surface area contributed by atoms with Gasteiger partial charge in [-0.2, -0.15) is 0 Å². The molecule has 7 heteroatoms. The summed E-state index contributed by atoms with van der Waals surface area (Å²) >= 11 is 0. The topological polar surface area (TPSA) is 77.8 Å². The van der Waals surface area contributed by atoms with Crippen molar-refractivity contribution in [3.8, 4) is 28.6 Å². The third kappa shape index (κ3) is 2.42. The van der Waals surface area contributed by atoms with Crippen molar-refractivity contribution in [3.63, 3.8) is 0 Å². The third-order valence-electron chi connectivity index (χ3n) is 4.28. The normalized spacial score (nSPS) is 23.0. The average molecular weight is 317 g/mol. The van der Waals surface area contributed by atoms with E-state index in [4.69, 9.17) is 14.2 Å². The Labute approximate surface area is 133 Å². The maximum atomic E-state index is 10.2. The predicted molar refractivity (Wildman–Crippen MR) is 83.1 cm³/mol. The van der Waals surface area contributed by atoms with Crippen LogP contribution in [0.5, 0.6) is 17.2 Å². The zero-order valence-corrected chi connectivity index (χ0v) is 12.9. The molecule has 2 atom stereocenters. The minimum absolute atomic E-state index is 0.0505. The van der Waals surface area contributed by atoms with E-state index in [1.807, 2.05) is 22.9 Å². The first kappa shape index (κ1) is 14.3. The fourth-order valence-corrected chi connectivity index (χ4v) is 3.14. The highest BCUT2D eigenvalue weighted by Crippen LogP contribution is 2.41. The van der Waals surface area contributed by atoms with Gasteiger partial charge in [-0.15, -0.1) is 0 Å². The van der Waals surface area contributed by atoms with Crippen molar-refractivity contribution in [1.29, 1.82) is 0 Å². The molecule has 7 nitrogen and oxygen atoms in total. The standard InChI is InChI=1S/C16H19N3O4/c1-21-13-7-15-14(22-4-5-23-15)6-10(13)16-18-2-3-19(16)11-8-17-9-12(11)20/h2-3,6-7,11-12,17,20H,4-5,8-9H2,1H3/t11-,12+/m1/s1. The lowest BCUT2D eigenvalue weighted by Gasteiger charge is -2.22. The summed E-state index contributed by atoms with van der Waals surface area (Å²) in [5.41, 5.74) is 0.820. The Morgan fingerprint density at radius 1 is 1.26 bits per heavy atom. The number of fused-ring (bicyclic) bond motifs is 1. The van der Waals surface area contributed by atoms with Gasteiger partial charge in [0.25, 0.3) is 0 Å². The first-order valence-electron chi connectivity index (χ1n) is 7.67. The van der Waals surface area contributed by atoms with Gasteiger partial charge in [0.2, 0.25) is 0 Å². The molecule has 2 aromatic rings. The van der Waals surface area contributed by atoms with Crippen molar-refractivity contribution in [2.75, 3.05) is 33.4 Å². The number of aliphatic hydroxyl groups excluding tert-OH is 1. The fourth-order valence-electron chi connectivity index (χ4n) is 3.14. The van der Waals surface area contributed by atoms with Crippen LogP contribution < -0.4 is 19.5 Å². The number of ether oxygens (including phenoxy) is 3. The number of aliphatic hydroxyl groups is 1. The van der Waals surface area contributed by atoms with Crippen LogP contribution in [0.4, 0.5) is 0 Å². The smallest absolute Gasteiger partial charge is 0.165 e. The summed E-state index contributed by atoms with van der Waals surface area (Å²) in [6.45, 7) is 2.35. The van der Waals surface area contributed by atoms with Gasteiger partial charge in [0, 0.05) is 31.5 Å². The molecule has 0 saturated carbocycles. The van der Waals surface area contributed by atoms with Gasteiger partial charge >= 0.3 is 0 Å². The molecule has 0 spiro atoms. The molecule has 0 aliphatic carbocycles. The largest absolute Gasteiger partial charge is 0.496 e. The second kappa shape index (κ2) is 5.75. The maximum Gasteiger partial charge on any atom is 0.165 e. The van der Waals surface area contributed by atoms with Crippen molar-refractivity contribution in [1.82, 2.24) is 14.9 Å². The van der Waals surface area contributed by atoms with Crippen molar-refractivity contribution in [2.45, 2.75) is 12.1 Å². The number of aromatic nitrogens is 2. The average Bonchev–Trinajstić information content (AvgIpc) is 3.21. The Kier molecular flexibility index (Phi) is 3.59. The molecule has 0 bridgehead atoms. The fraction of sp³-hybridized carbons (Fsp3) is 0.438. The number of nitrogens with one attached hydrogen (secondary N) is 1. The molecule has 1 aromatic heterocycles. The highest BCUT2D eigenvalue weighted by molar-refractivity contribution is 5.70. The van der Waals surface area contributed by atoms with Crippen molar-refractivity contribution < 1.29 is 19.3 Å². The van der Waals surface area contributed by atoms with Gasteiger partial charge in [0.15, 0.2) is 11.5 Å². The van der Waals surface area contributed by atoms with E-state index in [9.17, 15) is 5.11 Å². The van der Waals surface area contributed by atoms with Crippen LogP contribution in [0.1, 0.15) is 6.04 Å². The Morgan fingerprint density at radius 2 is 2.04 bits per heavy atom. The van der Waals surface area contributed by atoms with Crippen LogP contribution in [0.3, 0.4) is 0 Å². The van der Waals surface area contributed by atoms with Gasteiger partial charge in [-0.3, -0.25) is 0 Å². The second-order valence-electron chi connectivity index (χ2n) is 5.65. The lowest BCUT2D eigenvalue weighted by atomic mass is 10.1. The van der Waals surface area contributed by atoms with Crippen LogP contribution in [0.15, 0.2) is 24.5 Å². The first-order chi connectivity index (χ1) is 11.3. The summed E-state index contributed by atoms with van der Waals surface area (Å²) in [5.74, 6) is 2.78. The Balaban J connectivity index is 1.80. The number of imidazole rings is 1. The molecule has 0 amide bonds. The summed E-state index contributed by atoms with van der Waals surface area (Å²) in [6.07, 6.45) is 3.18. The molecule has 0 unspecified atom stereocenters. The van der Waals surface area contributed by atoms with Crippen LogP contribution in [-0.4, -0.2) is 54.2 Å². The Hall–Kier alpha value is -2.25. The van der Waals surface area contributed by atoms with E-state index in [1.165, 1.54) is 0 Å². The minimum atomic E-state index is -0.439. The van der Waals surface area contributed by atoms with Crippen LogP contribution in [0.2, 0.25) is 0 Å². The van der Waals surface area contributed by atoms with Crippen molar-refractivity contribution in [3.05, 3.63) is 24.5 Å². The van der Waals surface area contributed by atoms with Gasteiger partial charge in [-0.1, -0.05) is 0 Å². The maximum absolute atomic E-state index is 10.2. The van der Waals surface area contributed by atoms with Gasteiger partial charge in [-0.05, 0) is 6.07 Å². The van der Waals surface area contributed by atoms with Gasteiger partial charge in [-0.25, -0.2) is 4.98 Å². The number of rotatable bonds is 3. The summed E-state index contributed by atoms with van der Waals surface area (Å²) in [6, 6.07) is 3.66. The van der Waals surface area contributed by atoms with Gasteiger partial charge < -0.3 is 29.2 Å². The molecule has 1 saturated heterocycles.